The molecule has 0 aromatic carbocycles. The second-order valence-electron chi connectivity index (χ2n) is 10.2. The van der Waals surface area contributed by atoms with Crippen LogP contribution in [0.15, 0.2) is 40.9 Å². The van der Waals surface area contributed by atoms with Crippen LogP contribution in [0, 0.1) is 0 Å². The molecular formula is C27H42N4O. The second kappa shape index (κ2) is 10.4. The van der Waals surface area contributed by atoms with Crippen molar-refractivity contribution in [3.8, 4) is 0 Å². The number of carbonyl (C=O) groups excluding carboxylic acids is 1. The molecule has 0 aromatic heterocycles. The lowest BCUT2D eigenvalue weighted by molar-refractivity contribution is 0.0698. The Morgan fingerprint density at radius 2 is 1.88 bits per heavy atom. The number of nitrogens with one attached hydrogen (secondary N) is 1. The van der Waals surface area contributed by atoms with Gasteiger partial charge in [-0.15, -0.1) is 0 Å². The van der Waals surface area contributed by atoms with Crippen molar-refractivity contribution in [2.45, 2.75) is 109 Å². The maximum absolute atomic E-state index is 13.1. The first-order valence-corrected chi connectivity index (χ1v) is 12.9. The van der Waals surface area contributed by atoms with Crippen molar-refractivity contribution in [3.05, 3.63) is 36.0 Å². The molecule has 5 nitrogen and oxygen atoms in total. The third-order valence-electron chi connectivity index (χ3n) is 7.83. The number of likely N-dealkylation sites (tertiary alicyclic amines) is 1. The summed E-state index contributed by atoms with van der Waals surface area (Å²) in [6, 6.07) is 1.29. The highest BCUT2D eigenvalue weighted by Gasteiger charge is 2.57. The van der Waals surface area contributed by atoms with Gasteiger partial charge in [-0.2, -0.15) is 0 Å². The molecule has 5 heteroatoms. The van der Waals surface area contributed by atoms with Crippen LogP contribution in [0.4, 0.5) is 4.79 Å². The number of amides is 2. The summed E-state index contributed by atoms with van der Waals surface area (Å²) in [5.74, 6) is 0.993. The highest BCUT2D eigenvalue weighted by Crippen LogP contribution is 2.44. The third kappa shape index (κ3) is 5.03. The van der Waals surface area contributed by atoms with E-state index < -0.39 is 0 Å². The number of urea groups is 1. The van der Waals surface area contributed by atoms with E-state index in [4.69, 9.17) is 4.99 Å². The molecule has 176 valence electrons. The molecular weight excluding hydrogens is 396 g/mol. The van der Waals surface area contributed by atoms with Crippen LogP contribution in [0.5, 0.6) is 0 Å². The predicted molar refractivity (Wildman–Crippen MR) is 133 cm³/mol. The van der Waals surface area contributed by atoms with Gasteiger partial charge in [-0.1, -0.05) is 56.1 Å². The highest BCUT2D eigenvalue weighted by atomic mass is 16.2. The normalized spacial score (nSPS) is 32.5. The Labute approximate surface area is 194 Å². The summed E-state index contributed by atoms with van der Waals surface area (Å²) in [7, 11) is 0. The Morgan fingerprint density at radius 1 is 1.12 bits per heavy atom. The number of allylic oxidation sites excluding steroid dienone is 4. The van der Waals surface area contributed by atoms with Crippen LogP contribution in [0.3, 0.4) is 0 Å². The summed E-state index contributed by atoms with van der Waals surface area (Å²) in [6.45, 7) is 8.46. The van der Waals surface area contributed by atoms with Crippen LogP contribution in [-0.2, 0) is 0 Å². The zero-order valence-electron chi connectivity index (χ0n) is 20.4. The third-order valence-corrected chi connectivity index (χ3v) is 7.83. The van der Waals surface area contributed by atoms with Crippen molar-refractivity contribution in [1.82, 2.24) is 15.1 Å². The number of nitrogens with zero attached hydrogens (tertiary/aromatic N) is 3. The maximum Gasteiger partial charge on any atom is 0.323 e. The molecule has 4 aliphatic rings. The van der Waals surface area contributed by atoms with E-state index in [1.165, 1.54) is 44.1 Å². The van der Waals surface area contributed by atoms with Gasteiger partial charge >= 0.3 is 6.03 Å². The van der Waals surface area contributed by atoms with Crippen molar-refractivity contribution in [1.29, 1.82) is 0 Å². The zero-order valence-corrected chi connectivity index (χ0v) is 20.4. The minimum absolute atomic E-state index is 0.101. The Balaban J connectivity index is 1.53. The number of hydrogen-bond donors (Lipinski definition) is 1. The van der Waals surface area contributed by atoms with Crippen molar-refractivity contribution >= 4 is 11.9 Å². The van der Waals surface area contributed by atoms with Crippen molar-refractivity contribution in [3.63, 3.8) is 0 Å². The van der Waals surface area contributed by atoms with E-state index in [0.29, 0.717) is 18.1 Å². The van der Waals surface area contributed by atoms with Crippen molar-refractivity contribution < 1.29 is 4.79 Å². The summed E-state index contributed by atoms with van der Waals surface area (Å²) < 4.78 is 0. The molecule has 0 bridgehead atoms. The first-order chi connectivity index (χ1) is 15.6. The molecule has 1 spiro atoms. The lowest BCUT2D eigenvalue weighted by Gasteiger charge is -2.47. The number of hydrogen-bond acceptors (Lipinski definition) is 3. The lowest BCUT2D eigenvalue weighted by atomic mass is 9.81. The fourth-order valence-electron chi connectivity index (χ4n) is 5.86. The minimum Gasteiger partial charge on any atom is -0.309 e. The Morgan fingerprint density at radius 3 is 2.50 bits per heavy atom. The molecule has 32 heavy (non-hydrogen) atoms. The molecule has 2 unspecified atom stereocenters. The topological polar surface area (TPSA) is 47.9 Å². The smallest absolute Gasteiger partial charge is 0.309 e. The molecule has 2 aliphatic carbocycles. The van der Waals surface area contributed by atoms with Crippen LogP contribution >= 0.6 is 0 Å². The average molecular weight is 439 g/mol. The van der Waals surface area contributed by atoms with E-state index in [0.717, 1.165) is 44.6 Å². The molecule has 2 heterocycles. The monoisotopic (exact) mass is 438 g/mol. The minimum atomic E-state index is -0.225. The zero-order chi connectivity index (χ0) is 22.6. The van der Waals surface area contributed by atoms with Crippen LogP contribution < -0.4 is 5.32 Å². The van der Waals surface area contributed by atoms with E-state index in [2.05, 4.69) is 59.3 Å². The van der Waals surface area contributed by atoms with Gasteiger partial charge in [-0.25, -0.2) is 4.79 Å². The summed E-state index contributed by atoms with van der Waals surface area (Å²) in [6.07, 6.45) is 22.5. The number of carbonyl (C=O) groups is 1. The van der Waals surface area contributed by atoms with E-state index in [1.54, 1.807) is 0 Å². The standard InChI is InChI=1S/C27H42N4O/c1-4-6-9-12-22(5-2)20-30-18-17-27(19-21(30)3)25(28-23-13-10-7-8-11-14-23)29-26(32)31(27)24-15-16-24/h4-6,9,12,21,23-24H,7-8,10-11,13-20H2,1-3H3,(H,28,29,32)/b6-4-,12-9-,22-5+. The Hall–Kier alpha value is -1.88. The molecule has 2 saturated carbocycles. The lowest BCUT2D eigenvalue weighted by Crippen LogP contribution is -2.60. The molecule has 2 aliphatic heterocycles. The highest BCUT2D eigenvalue weighted by molar-refractivity contribution is 6.10. The summed E-state index contributed by atoms with van der Waals surface area (Å²) >= 11 is 0. The molecule has 1 N–H and O–H groups in total. The molecule has 2 atom stereocenters. The van der Waals surface area contributed by atoms with Crippen molar-refractivity contribution in [2.24, 2.45) is 4.99 Å². The number of amidine groups is 1. The van der Waals surface area contributed by atoms with Gasteiger partial charge in [0.25, 0.3) is 0 Å². The Bertz CT molecular complexity index is 785. The average Bonchev–Trinajstić information content (AvgIpc) is 3.60. The van der Waals surface area contributed by atoms with E-state index in [9.17, 15) is 4.79 Å². The maximum atomic E-state index is 13.1. The quantitative estimate of drug-likeness (QED) is 0.434. The van der Waals surface area contributed by atoms with Gasteiger partial charge in [0.05, 0.1) is 6.04 Å². The molecule has 2 saturated heterocycles. The van der Waals surface area contributed by atoms with Gasteiger partial charge in [0.1, 0.15) is 11.4 Å². The predicted octanol–water partition coefficient (Wildman–Crippen LogP) is 5.60. The van der Waals surface area contributed by atoms with Crippen LogP contribution in [0.2, 0.25) is 0 Å². The van der Waals surface area contributed by atoms with Crippen LogP contribution in [0.25, 0.3) is 0 Å². The van der Waals surface area contributed by atoms with E-state index in [1.807, 2.05) is 6.92 Å². The molecule has 0 aromatic rings. The van der Waals surface area contributed by atoms with Gasteiger partial charge in [0.2, 0.25) is 0 Å². The summed E-state index contributed by atoms with van der Waals surface area (Å²) in [5, 5.41) is 3.26. The van der Waals surface area contributed by atoms with Gasteiger partial charge in [0, 0.05) is 25.2 Å². The van der Waals surface area contributed by atoms with Crippen molar-refractivity contribution in [2.75, 3.05) is 13.1 Å². The van der Waals surface area contributed by atoms with Crippen LogP contribution in [0.1, 0.15) is 85.0 Å². The number of aliphatic imine (C=N–C) groups is 1. The second-order valence-corrected chi connectivity index (χ2v) is 10.2. The summed E-state index contributed by atoms with van der Waals surface area (Å²) in [5.41, 5.74) is 1.12. The van der Waals surface area contributed by atoms with Gasteiger partial charge in [0.15, 0.2) is 0 Å². The first-order valence-electron chi connectivity index (χ1n) is 12.9. The fourth-order valence-corrected chi connectivity index (χ4v) is 5.86. The van der Waals surface area contributed by atoms with E-state index in [-0.39, 0.29) is 11.6 Å². The summed E-state index contributed by atoms with van der Waals surface area (Å²) in [4.78, 5) is 23.2. The number of piperidine rings is 1. The Kier molecular flexibility index (Phi) is 7.55. The van der Waals surface area contributed by atoms with Crippen LogP contribution in [-0.4, -0.2) is 58.4 Å². The molecule has 0 radical (unpaired) electrons. The van der Waals surface area contributed by atoms with Gasteiger partial charge in [-0.3, -0.25) is 15.2 Å². The largest absolute Gasteiger partial charge is 0.323 e. The first kappa shape index (κ1) is 23.3. The van der Waals surface area contributed by atoms with E-state index >= 15 is 0 Å². The van der Waals surface area contributed by atoms with Gasteiger partial charge in [-0.05, 0) is 64.9 Å². The molecule has 4 rings (SSSR count). The number of rotatable bonds is 6. The molecule has 4 fully saturated rings. The van der Waals surface area contributed by atoms with Gasteiger partial charge < -0.3 is 4.90 Å². The SMILES string of the molecule is C\C=C/C=C\C(=C/C)CN1CCC2(CC1C)C(=NC1CCCCCC1)NC(=O)N2C1CC1. The fraction of sp³-hybridized carbons (Fsp3) is 0.704. The molecule has 2 amide bonds.